The van der Waals surface area contributed by atoms with Gasteiger partial charge in [-0.15, -0.1) is 0 Å². The van der Waals surface area contributed by atoms with E-state index < -0.39 is 0 Å². The molecule has 21 heavy (non-hydrogen) atoms. The van der Waals surface area contributed by atoms with Crippen molar-refractivity contribution in [2.24, 2.45) is 0 Å². The zero-order chi connectivity index (χ0) is 14.7. The van der Waals surface area contributed by atoms with Gasteiger partial charge in [0.1, 0.15) is 18.1 Å². The number of ether oxygens (including phenoxy) is 2. The van der Waals surface area contributed by atoms with Crippen LogP contribution in [0, 0.1) is 0 Å². The van der Waals surface area contributed by atoms with Crippen LogP contribution in [0.3, 0.4) is 0 Å². The molecule has 0 amide bonds. The van der Waals surface area contributed by atoms with Crippen molar-refractivity contribution in [3.05, 3.63) is 58.7 Å². The van der Waals surface area contributed by atoms with E-state index >= 15 is 0 Å². The summed E-state index contributed by atoms with van der Waals surface area (Å²) in [4.78, 5) is 11.1. The number of methoxy groups -OCH3 is 1. The Kier molecular flexibility index (Phi) is 3.91. The van der Waals surface area contributed by atoms with Crippen LogP contribution < -0.4 is 9.47 Å². The van der Waals surface area contributed by atoms with Gasteiger partial charge in [0.05, 0.1) is 12.7 Å². The molecule has 0 fully saturated rings. The molecule has 3 heteroatoms. The van der Waals surface area contributed by atoms with Crippen LogP contribution in [-0.2, 0) is 19.4 Å². The summed E-state index contributed by atoms with van der Waals surface area (Å²) in [5, 5.41) is 0. The first-order valence-electron chi connectivity index (χ1n) is 7.17. The summed E-state index contributed by atoms with van der Waals surface area (Å²) in [5.74, 6) is 1.24. The minimum Gasteiger partial charge on any atom is -0.497 e. The van der Waals surface area contributed by atoms with Crippen LogP contribution in [0.5, 0.6) is 11.5 Å². The van der Waals surface area contributed by atoms with E-state index in [0.717, 1.165) is 18.3 Å². The first kappa shape index (κ1) is 13.7. The lowest BCUT2D eigenvalue weighted by Crippen LogP contribution is -2.00. The van der Waals surface area contributed by atoms with E-state index in [0.29, 0.717) is 23.7 Å². The van der Waals surface area contributed by atoms with Gasteiger partial charge in [0.2, 0.25) is 0 Å². The van der Waals surface area contributed by atoms with Gasteiger partial charge in [0, 0.05) is 6.07 Å². The van der Waals surface area contributed by atoms with Crippen LogP contribution in [0.2, 0.25) is 0 Å². The summed E-state index contributed by atoms with van der Waals surface area (Å²) in [5.41, 5.74) is 4.55. The van der Waals surface area contributed by atoms with Crippen molar-refractivity contribution in [2.75, 3.05) is 7.11 Å². The maximum absolute atomic E-state index is 11.1. The van der Waals surface area contributed by atoms with Crippen LogP contribution in [0.15, 0.2) is 36.4 Å². The smallest absolute Gasteiger partial charge is 0.153 e. The van der Waals surface area contributed by atoms with Gasteiger partial charge in [-0.25, -0.2) is 0 Å². The van der Waals surface area contributed by atoms with E-state index in [-0.39, 0.29) is 0 Å². The molecule has 0 spiro atoms. The third-order valence-electron chi connectivity index (χ3n) is 3.90. The summed E-state index contributed by atoms with van der Waals surface area (Å²) >= 11 is 0. The molecule has 0 N–H and O–H groups in total. The molecule has 0 unspecified atom stereocenters. The predicted octanol–water partition coefficient (Wildman–Crippen LogP) is 3.58. The van der Waals surface area contributed by atoms with Gasteiger partial charge >= 0.3 is 0 Å². The van der Waals surface area contributed by atoms with E-state index in [1.807, 2.05) is 0 Å². The maximum atomic E-state index is 11.1. The van der Waals surface area contributed by atoms with Gasteiger partial charge in [-0.05, 0) is 48.1 Å². The fourth-order valence-corrected chi connectivity index (χ4v) is 2.74. The molecular weight excluding hydrogens is 264 g/mol. The number of hydrogen-bond donors (Lipinski definition) is 0. The lowest BCUT2D eigenvalue weighted by molar-refractivity contribution is 0.111. The van der Waals surface area contributed by atoms with Crippen molar-refractivity contribution in [2.45, 2.75) is 25.9 Å². The topological polar surface area (TPSA) is 35.5 Å². The average molecular weight is 282 g/mol. The van der Waals surface area contributed by atoms with Gasteiger partial charge in [0.15, 0.2) is 6.29 Å². The van der Waals surface area contributed by atoms with Crippen LogP contribution in [-0.4, -0.2) is 13.4 Å². The summed E-state index contributed by atoms with van der Waals surface area (Å²) in [7, 11) is 1.60. The molecule has 3 rings (SSSR count). The fraction of sp³-hybridized carbons (Fsp3) is 0.278. The van der Waals surface area contributed by atoms with E-state index in [9.17, 15) is 4.79 Å². The zero-order valence-corrected chi connectivity index (χ0v) is 12.1. The number of aldehydes is 1. The van der Waals surface area contributed by atoms with Crippen LogP contribution >= 0.6 is 0 Å². The normalized spacial score (nSPS) is 12.8. The van der Waals surface area contributed by atoms with Gasteiger partial charge in [-0.1, -0.05) is 18.2 Å². The Bertz CT molecular complexity index is 662. The lowest BCUT2D eigenvalue weighted by Gasteiger charge is -2.11. The molecule has 1 aliphatic carbocycles. The standard InChI is InChI=1S/C18H18O3/c1-20-17-8-7-16(11-19)18(10-17)21-12-13-5-6-14-3-2-4-15(14)9-13/h5-11H,2-4,12H2,1H3. The maximum Gasteiger partial charge on any atom is 0.153 e. The van der Waals surface area contributed by atoms with E-state index in [1.54, 1.807) is 25.3 Å². The first-order valence-corrected chi connectivity index (χ1v) is 7.17. The predicted molar refractivity (Wildman–Crippen MR) is 81.2 cm³/mol. The minimum absolute atomic E-state index is 0.460. The van der Waals surface area contributed by atoms with Gasteiger partial charge in [-0.3, -0.25) is 4.79 Å². The number of hydrogen-bond acceptors (Lipinski definition) is 3. The Labute approximate surface area is 124 Å². The summed E-state index contributed by atoms with van der Waals surface area (Å²) in [6, 6.07) is 11.7. The first-order chi connectivity index (χ1) is 10.3. The second-order valence-corrected chi connectivity index (χ2v) is 5.27. The average Bonchev–Trinajstić information content (AvgIpc) is 3.00. The second kappa shape index (κ2) is 6.00. The highest BCUT2D eigenvalue weighted by atomic mass is 16.5. The molecule has 0 bridgehead atoms. The molecule has 108 valence electrons. The molecule has 1 aliphatic rings. The molecule has 0 aromatic heterocycles. The summed E-state index contributed by atoms with van der Waals surface area (Å²) < 4.78 is 11.0. The Morgan fingerprint density at radius 2 is 1.95 bits per heavy atom. The van der Waals surface area contributed by atoms with Gasteiger partial charge in [0.25, 0.3) is 0 Å². The van der Waals surface area contributed by atoms with Crippen molar-refractivity contribution >= 4 is 6.29 Å². The number of rotatable bonds is 5. The Balaban J connectivity index is 1.76. The van der Waals surface area contributed by atoms with Crippen molar-refractivity contribution in [1.29, 1.82) is 0 Å². The Morgan fingerprint density at radius 3 is 2.76 bits per heavy atom. The largest absolute Gasteiger partial charge is 0.497 e. The minimum atomic E-state index is 0.460. The molecule has 2 aromatic rings. The Hall–Kier alpha value is -2.29. The molecule has 3 nitrogen and oxygen atoms in total. The zero-order valence-electron chi connectivity index (χ0n) is 12.1. The van der Waals surface area contributed by atoms with Crippen LogP contribution in [0.25, 0.3) is 0 Å². The lowest BCUT2D eigenvalue weighted by atomic mass is 10.1. The summed E-state index contributed by atoms with van der Waals surface area (Å²) in [6.07, 6.45) is 4.38. The van der Waals surface area contributed by atoms with Crippen molar-refractivity contribution in [1.82, 2.24) is 0 Å². The molecule has 0 saturated carbocycles. The van der Waals surface area contributed by atoms with E-state index in [2.05, 4.69) is 18.2 Å². The SMILES string of the molecule is COc1ccc(C=O)c(OCc2ccc3c(c2)CCC3)c1. The van der Waals surface area contributed by atoms with Crippen molar-refractivity contribution < 1.29 is 14.3 Å². The number of carbonyl (C=O) groups is 1. The van der Waals surface area contributed by atoms with Crippen LogP contribution in [0.4, 0.5) is 0 Å². The molecule has 0 atom stereocenters. The highest BCUT2D eigenvalue weighted by Crippen LogP contribution is 2.26. The second-order valence-electron chi connectivity index (χ2n) is 5.27. The highest BCUT2D eigenvalue weighted by molar-refractivity contribution is 5.79. The number of benzene rings is 2. The molecule has 0 radical (unpaired) electrons. The molecular formula is C18H18O3. The van der Waals surface area contributed by atoms with Gasteiger partial charge < -0.3 is 9.47 Å². The molecule has 0 aliphatic heterocycles. The van der Waals surface area contributed by atoms with Gasteiger partial charge in [-0.2, -0.15) is 0 Å². The highest BCUT2D eigenvalue weighted by Gasteiger charge is 2.11. The van der Waals surface area contributed by atoms with Crippen molar-refractivity contribution in [3.8, 4) is 11.5 Å². The van der Waals surface area contributed by atoms with Crippen LogP contribution in [0.1, 0.15) is 33.5 Å². The third kappa shape index (κ3) is 2.92. The third-order valence-corrected chi connectivity index (χ3v) is 3.90. The summed E-state index contributed by atoms with van der Waals surface area (Å²) in [6.45, 7) is 0.460. The quantitative estimate of drug-likeness (QED) is 0.786. The van der Waals surface area contributed by atoms with E-state index in [1.165, 1.54) is 24.0 Å². The molecule has 0 saturated heterocycles. The number of fused-ring (bicyclic) bond motifs is 1. The molecule has 2 aromatic carbocycles. The number of aryl methyl sites for hydroxylation is 2. The fourth-order valence-electron chi connectivity index (χ4n) is 2.74. The van der Waals surface area contributed by atoms with Crippen molar-refractivity contribution in [3.63, 3.8) is 0 Å². The molecule has 0 heterocycles. The monoisotopic (exact) mass is 282 g/mol. The Morgan fingerprint density at radius 1 is 1.10 bits per heavy atom. The van der Waals surface area contributed by atoms with E-state index in [4.69, 9.17) is 9.47 Å². The number of carbonyl (C=O) groups excluding carboxylic acids is 1.